The number of Topliss-reactive ketones (excluding diaryl/α,β-unsaturated/α-hetero) is 1. The largest absolute Gasteiger partial charge is 0.291 e. The SMILES string of the molecule is Cc1nc2ccccc2nc1C(=O)CC#N. The first-order valence-corrected chi connectivity index (χ1v) is 4.86. The number of carbonyl (C=O) groups excluding carboxylic acids is 1. The number of ketones is 1. The first-order valence-electron chi connectivity index (χ1n) is 4.86. The van der Waals surface area contributed by atoms with E-state index in [0.29, 0.717) is 16.9 Å². The molecule has 1 aromatic heterocycles. The highest BCUT2D eigenvalue weighted by atomic mass is 16.1. The van der Waals surface area contributed by atoms with Crippen LogP contribution >= 0.6 is 0 Å². The fourth-order valence-electron chi connectivity index (χ4n) is 1.51. The lowest BCUT2D eigenvalue weighted by Crippen LogP contribution is -2.06. The minimum atomic E-state index is -0.279. The van der Waals surface area contributed by atoms with Gasteiger partial charge in [0, 0.05) is 0 Å². The fourth-order valence-corrected chi connectivity index (χ4v) is 1.51. The topological polar surface area (TPSA) is 66.6 Å². The lowest BCUT2D eigenvalue weighted by atomic mass is 10.1. The Morgan fingerprint density at radius 1 is 1.31 bits per heavy atom. The summed E-state index contributed by atoms with van der Waals surface area (Å²) in [6.45, 7) is 1.73. The van der Waals surface area contributed by atoms with Gasteiger partial charge in [-0.3, -0.25) is 4.79 Å². The number of para-hydroxylation sites is 2. The van der Waals surface area contributed by atoms with Crippen LogP contribution in [0, 0.1) is 18.3 Å². The number of carbonyl (C=O) groups is 1. The van der Waals surface area contributed by atoms with Gasteiger partial charge in [0.1, 0.15) is 12.1 Å². The van der Waals surface area contributed by atoms with Crippen molar-refractivity contribution in [3.63, 3.8) is 0 Å². The minimum absolute atomic E-state index is 0.159. The molecular weight excluding hydrogens is 202 g/mol. The van der Waals surface area contributed by atoms with Crippen LogP contribution in [0.1, 0.15) is 22.6 Å². The van der Waals surface area contributed by atoms with Gasteiger partial charge in [0.25, 0.3) is 0 Å². The minimum Gasteiger partial charge on any atom is -0.291 e. The van der Waals surface area contributed by atoms with Gasteiger partial charge in [-0.25, -0.2) is 9.97 Å². The van der Waals surface area contributed by atoms with Crippen molar-refractivity contribution in [1.29, 1.82) is 5.26 Å². The van der Waals surface area contributed by atoms with Crippen LogP contribution in [0.3, 0.4) is 0 Å². The highest BCUT2D eigenvalue weighted by Crippen LogP contribution is 2.13. The van der Waals surface area contributed by atoms with Crippen molar-refractivity contribution in [1.82, 2.24) is 9.97 Å². The molecule has 0 bridgehead atoms. The van der Waals surface area contributed by atoms with E-state index in [0.717, 1.165) is 5.52 Å². The molecule has 1 aromatic carbocycles. The maximum Gasteiger partial charge on any atom is 0.197 e. The summed E-state index contributed by atoms with van der Waals surface area (Å²) in [6, 6.07) is 9.17. The van der Waals surface area contributed by atoms with Crippen LogP contribution in [-0.4, -0.2) is 15.8 Å². The number of hydrogen-bond acceptors (Lipinski definition) is 4. The number of nitrogens with zero attached hydrogens (tertiary/aromatic N) is 3. The zero-order chi connectivity index (χ0) is 11.5. The zero-order valence-corrected chi connectivity index (χ0v) is 8.77. The van der Waals surface area contributed by atoms with Crippen molar-refractivity contribution in [2.75, 3.05) is 0 Å². The standard InChI is InChI=1S/C12H9N3O/c1-8-12(11(16)6-7-13)15-10-5-3-2-4-9(10)14-8/h2-5H,6H2,1H3. The van der Waals surface area contributed by atoms with Crippen LogP contribution in [0.4, 0.5) is 0 Å². The van der Waals surface area contributed by atoms with Crippen molar-refractivity contribution < 1.29 is 4.79 Å². The normalized spacial score (nSPS) is 10.0. The van der Waals surface area contributed by atoms with Gasteiger partial charge in [-0.05, 0) is 19.1 Å². The summed E-state index contributed by atoms with van der Waals surface area (Å²) in [5, 5.41) is 8.48. The molecule has 78 valence electrons. The van der Waals surface area contributed by atoms with Crippen LogP contribution in [0.25, 0.3) is 11.0 Å². The van der Waals surface area contributed by atoms with Crippen molar-refractivity contribution in [2.24, 2.45) is 0 Å². The highest BCUT2D eigenvalue weighted by molar-refractivity contribution is 5.97. The second kappa shape index (κ2) is 4.07. The fraction of sp³-hybridized carbons (Fsp3) is 0.167. The molecule has 0 spiro atoms. The molecule has 0 atom stereocenters. The van der Waals surface area contributed by atoms with E-state index in [1.54, 1.807) is 13.0 Å². The van der Waals surface area contributed by atoms with Gasteiger partial charge >= 0.3 is 0 Å². The Bertz CT molecular complexity index is 599. The van der Waals surface area contributed by atoms with Crippen LogP contribution in [0.5, 0.6) is 0 Å². The number of aromatic nitrogens is 2. The summed E-state index contributed by atoms with van der Waals surface area (Å²) in [6.07, 6.45) is -0.159. The molecule has 2 aromatic rings. The van der Waals surface area contributed by atoms with Crippen molar-refractivity contribution >= 4 is 16.8 Å². The molecule has 1 heterocycles. The lowest BCUT2D eigenvalue weighted by molar-refractivity contribution is 0.0992. The van der Waals surface area contributed by atoms with E-state index in [9.17, 15) is 4.79 Å². The van der Waals surface area contributed by atoms with E-state index in [1.807, 2.05) is 24.3 Å². The number of rotatable bonds is 2. The maximum absolute atomic E-state index is 11.6. The molecule has 16 heavy (non-hydrogen) atoms. The Kier molecular flexibility index (Phi) is 2.61. The van der Waals surface area contributed by atoms with Gasteiger partial charge < -0.3 is 0 Å². The monoisotopic (exact) mass is 211 g/mol. The number of nitriles is 1. The van der Waals surface area contributed by atoms with Crippen molar-refractivity contribution in [3.8, 4) is 6.07 Å². The van der Waals surface area contributed by atoms with Crippen LogP contribution in [0.15, 0.2) is 24.3 Å². The molecule has 0 unspecified atom stereocenters. The highest BCUT2D eigenvalue weighted by Gasteiger charge is 2.12. The third kappa shape index (κ3) is 1.75. The average Bonchev–Trinajstić information content (AvgIpc) is 2.28. The Morgan fingerprint density at radius 2 is 1.94 bits per heavy atom. The number of aryl methyl sites for hydroxylation is 1. The van der Waals surface area contributed by atoms with Gasteiger partial charge in [-0.1, -0.05) is 12.1 Å². The van der Waals surface area contributed by atoms with E-state index in [-0.39, 0.29) is 12.2 Å². The number of benzene rings is 1. The zero-order valence-electron chi connectivity index (χ0n) is 8.77. The summed E-state index contributed by atoms with van der Waals surface area (Å²) in [5.41, 5.74) is 2.29. The molecule has 0 aliphatic heterocycles. The molecule has 0 saturated carbocycles. The summed E-state index contributed by atoms with van der Waals surface area (Å²) in [4.78, 5) is 20.1. The summed E-state index contributed by atoms with van der Waals surface area (Å²) in [5.74, 6) is -0.279. The molecule has 0 N–H and O–H groups in total. The maximum atomic E-state index is 11.6. The summed E-state index contributed by atoms with van der Waals surface area (Å²) >= 11 is 0. The van der Waals surface area contributed by atoms with Crippen LogP contribution < -0.4 is 0 Å². The Morgan fingerprint density at radius 3 is 2.56 bits per heavy atom. The Labute approximate surface area is 92.6 Å². The Balaban J connectivity index is 2.59. The van der Waals surface area contributed by atoms with E-state index in [1.165, 1.54) is 0 Å². The third-order valence-electron chi connectivity index (χ3n) is 2.25. The summed E-state index contributed by atoms with van der Waals surface area (Å²) in [7, 11) is 0. The van der Waals surface area contributed by atoms with Crippen LogP contribution in [-0.2, 0) is 0 Å². The molecule has 0 radical (unpaired) electrons. The van der Waals surface area contributed by atoms with E-state index >= 15 is 0 Å². The molecule has 0 saturated heterocycles. The van der Waals surface area contributed by atoms with Gasteiger partial charge in [-0.2, -0.15) is 5.26 Å². The number of fused-ring (bicyclic) bond motifs is 1. The molecule has 2 rings (SSSR count). The third-order valence-corrected chi connectivity index (χ3v) is 2.25. The lowest BCUT2D eigenvalue weighted by Gasteiger charge is -2.03. The van der Waals surface area contributed by atoms with Gasteiger partial charge in [0.15, 0.2) is 5.78 Å². The first-order chi connectivity index (χ1) is 7.72. The summed E-state index contributed by atoms with van der Waals surface area (Å²) < 4.78 is 0. The van der Waals surface area contributed by atoms with Crippen molar-refractivity contribution in [3.05, 3.63) is 35.7 Å². The smallest absolute Gasteiger partial charge is 0.197 e. The molecule has 4 nitrogen and oxygen atoms in total. The molecule has 0 amide bonds. The molecule has 0 fully saturated rings. The van der Waals surface area contributed by atoms with Gasteiger partial charge in [0.2, 0.25) is 0 Å². The van der Waals surface area contributed by atoms with Crippen LogP contribution in [0.2, 0.25) is 0 Å². The molecule has 0 aliphatic rings. The molecule has 0 aliphatic carbocycles. The Hall–Kier alpha value is -2.28. The van der Waals surface area contributed by atoms with Crippen molar-refractivity contribution in [2.45, 2.75) is 13.3 Å². The number of hydrogen-bond donors (Lipinski definition) is 0. The predicted molar refractivity (Wildman–Crippen MR) is 58.8 cm³/mol. The van der Waals surface area contributed by atoms with E-state index < -0.39 is 0 Å². The van der Waals surface area contributed by atoms with E-state index in [2.05, 4.69) is 9.97 Å². The quantitative estimate of drug-likeness (QED) is 0.713. The second-order valence-electron chi connectivity index (χ2n) is 3.40. The average molecular weight is 211 g/mol. The predicted octanol–water partition coefficient (Wildman–Crippen LogP) is 2.03. The first kappa shape index (κ1) is 10.2. The molecule has 4 heteroatoms. The second-order valence-corrected chi connectivity index (χ2v) is 3.40. The van der Waals surface area contributed by atoms with E-state index in [4.69, 9.17) is 5.26 Å². The van der Waals surface area contributed by atoms with Gasteiger partial charge in [-0.15, -0.1) is 0 Å². The van der Waals surface area contributed by atoms with Gasteiger partial charge in [0.05, 0.1) is 22.8 Å². The molecular formula is C12H9N3O.